The number of anilines is 1. The van der Waals surface area contributed by atoms with E-state index in [4.69, 9.17) is 11.6 Å². The van der Waals surface area contributed by atoms with Crippen molar-refractivity contribution < 1.29 is 24.0 Å². The number of carbonyl (C=O) groups excluding carboxylic acids is 3. The zero-order valence-electron chi connectivity index (χ0n) is 18.8. The largest absolute Gasteiger partial charge is 0.469 e. The third-order valence-corrected chi connectivity index (χ3v) is 5.07. The molecule has 1 atom stereocenters. The van der Waals surface area contributed by atoms with Gasteiger partial charge in [-0.05, 0) is 42.7 Å². The summed E-state index contributed by atoms with van der Waals surface area (Å²) in [5.74, 6) is -0.788. The summed E-state index contributed by atoms with van der Waals surface area (Å²) >= 11 is 5.84. The van der Waals surface area contributed by atoms with Gasteiger partial charge in [0.2, 0.25) is 11.8 Å². The van der Waals surface area contributed by atoms with E-state index < -0.39 is 22.8 Å². The molecule has 182 valence electrons. The van der Waals surface area contributed by atoms with Crippen LogP contribution in [-0.2, 0) is 19.1 Å². The predicted octanol–water partition coefficient (Wildman–Crippen LogP) is 2.68. The van der Waals surface area contributed by atoms with Crippen molar-refractivity contribution in [1.82, 2.24) is 15.6 Å². The summed E-state index contributed by atoms with van der Waals surface area (Å²) in [6.45, 7) is 2.17. The quantitative estimate of drug-likeness (QED) is 0.177. The van der Waals surface area contributed by atoms with E-state index in [-0.39, 0.29) is 36.0 Å². The Hall–Kier alpha value is -3.73. The molecule has 0 fully saturated rings. The minimum absolute atomic E-state index is 0.0724. The lowest BCUT2D eigenvalue weighted by Gasteiger charge is -2.18. The van der Waals surface area contributed by atoms with E-state index in [1.165, 1.54) is 25.3 Å². The standard InChI is InChI=1S/C22H26ClN5O6/c1-14-7-9-25-19(10-14)24-8-3-4-20(29)26-13-21(30)27-17(12-22(31)34-2)15-5-6-16(23)18(11-15)28(32)33/h5-7,9-11,17H,3-4,8,12-13H2,1-2H3,(H,24,25)(H,26,29)(H,27,30). The molecule has 0 spiro atoms. The van der Waals surface area contributed by atoms with Crippen LogP contribution in [-0.4, -0.2) is 47.9 Å². The molecule has 0 radical (unpaired) electrons. The van der Waals surface area contributed by atoms with Gasteiger partial charge in [0.1, 0.15) is 10.8 Å². The van der Waals surface area contributed by atoms with Crippen LogP contribution in [0, 0.1) is 17.0 Å². The maximum Gasteiger partial charge on any atom is 0.307 e. The van der Waals surface area contributed by atoms with Crippen LogP contribution in [0.4, 0.5) is 11.5 Å². The smallest absolute Gasteiger partial charge is 0.307 e. The van der Waals surface area contributed by atoms with Gasteiger partial charge in [-0.3, -0.25) is 24.5 Å². The fourth-order valence-electron chi connectivity index (χ4n) is 3.00. The maximum atomic E-state index is 12.4. The second-order valence-electron chi connectivity index (χ2n) is 7.39. The van der Waals surface area contributed by atoms with Gasteiger partial charge in [-0.25, -0.2) is 4.98 Å². The van der Waals surface area contributed by atoms with Gasteiger partial charge in [-0.15, -0.1) is 0 Å². The average molecular weight is 492 g/mol. The zero-order valence-corrected chi connectivity index (χ0v) is 19.6. The van der Waals surface area contributed by atoms with Gasteiger partial charge in [-0.2, -0.15) is 0 Å². The highest BCUT2D eigenvalue weighted by Crippen LogP contribution is 2.29. The zero-order chi connectivity index (χ0) is 25.1. The molecule has 1 aromatic heterocycles. The van der Waals surface area contributed by atoms with Crippen molar-refractivity contribution in [3.05, 3.63) is 62.8 Å². The highest BCUT2D eigenvalue weighted by molar-refractivity contribution is 6.32. The molecule has 0 aliphatic heterocycles. The summed E-state index contributed by atoms with van der Waals surface area (Å²) in [6, 6.07) is 6.84. The second kappa shape index (κ2) is 13.1. The molecule has 1 aromatic carbocycles. The fourth-order valence-corrected chi connectivity index (χ4v) is 3.19. The number of rotatable bonds is 12. The molecule has 0 aliphatic carbocycles. The Morgan fingerprint density at radius 2 is 1.97 bits per heavy atom. The van der Waals surface area contributed by atoms with Crippen LogP contribution in [0.3, 0.4) is 0 Å². The molecule has 12 heteroatoms. The molecule has 2 amide bonds. The molecular weight excluding hydrogens is 466 g/mol. The number of pyridine rings is 1. The van der Waals surface area contributed by atoms with Crippen molar-refractivity contribution >= 4 is 40.9 Å². The van der Waals surface area contributed by atoms with Gasteiger partial charge in [-0.1, -0.05) is 17.7 Å². The minimum atomic E-state index is -0.904. The number of aromatic nitrogens is 1. The van der Waals surface area contributed by atoms with Crippen molar-refractivity contribution in [2.24, 2.45) is 0 Å². The number of hydrogen-bond acceptors (Lipinski definition) is 8. The van der Waals surface area contributed by atoms with E-state index in [1.54, 1.807) is 6.20 Å². The van der Waals surface area contributed by atoms with Gasteiger partial charge in [0.25, 0.3) is 5.69 Å². The Labute approximate surface area is 201 Å². The minimum Gasteiger partial charge on any atom is -0.469 e. The summed E-state index contributed by atoms with van der Waals surface area (Å²) in [7, 11) is 1.19. The van der Waals surface area contributed by atoms with E-state index in [9.17, 15) is 24.5 Å². The molecule has 0 bridgehead atoms. The number of amides is 2. The summed E-state index contributed by atoms with van der Waals surface area (Å²) in [4.78, 5) is 50.9. The van der Waals surface area contributed by atoms with Crippen molar-refractivity contribution in [2.75, 3.05) is 25.5 Å². The molecule has 0 saturated heterocycles. The van der Waals surface area contributed by atoms with Gasteiger partial charge in [0, 0.05) is 25.2 Å². The topological polar surface area (TPSA) is 153 Å². The summed E-state index contributed by atoms with van der Waals surface area (Å²) < 4.78 is 4.65. The molecular formula is C22H26ClN5O6. The first kappa shape index (κ1) is 26.5. The van der Waals surface area contributed by atoms with Crippen molar-refractivity contribution in [1.29, 1.82) is 0 Å². The number of nitrogens with one attached hydrogen (secondary N) is 3. The highest BCUT2D eigenvalue weighted by atomic mass is 35.5. The fraction of sp³-hybridized carbons (Fsp3) is 0.364. The number of halogens is 1. The summed E-state index contributed by atoms with van der Waals surface area (Å²) in [6.07, 6.45) is 2.16. The van der Waals surface area contributed by atoms with Gasteiger partial charge < -0.3 is 20.7 Å². The summed E-state index contributed by atoms with van der Waals surface area (Å²) in [5, 5.41) is 19.3. The van der Waals surface area contributed by atoms with E-state index >= 15 is 0 Å². The number of benzene rings is 1. The van der Waals surface area contributed by atoms with Crippen LogP contribution >= 0.6 is 11.6 Å². The number of nitro groups is 1. The number of carbonyl (C=O) groups is 3. The predicted molar refractivity (Wildman–Crippen MR) is 125 cm³/mol. The molecule has 1 heterocycles. The lowest BCUT2D eigenvalue weighted by molar-refractivity contribution is -0.384. The Morgan fingerprint density at radius 1 is 1.21 bits per heavy atom. The molecule has 2 rings (SSSR count). The molecule has 2 aromatic rings. The lowest BCUT2D eigenvalue weighted by Crippen LogP contribution is -2.39. The van der Waals surface area contributed by atoms with Crippen LogP contribution in [0.1, 0.15) is 36.4 Å². The van der Waals surface area contributed by atoms with Crippen LogP contribution in [0.15, 0.2) is 36.5 Å². The normalized spacial score (nSPS) is 11.3. The Morgan fingerprint density at radius 3 is 2.65 bits per heavy atom. The SMILES string of the molecule is COC(=O)CC(NC(=O)CNC(=O)CCCNc1cc(C)ccn1)c1ccc(Cl)c([N+](=O)[O-])c1. The third-order valence-electron chi connectivity index (χ3n) is 4.75. The van der Waals surface area contributed by atoms with E-state index in [0.29, 0.717) is 18.5 Å². The van der Waals surface area contributed by atoms with E-state index in [2.05, 4.69) is 25.7 Å². The summed E-state index contributed by atoms with van der Waals surface area (Å²) in [5.41, 5.74) is 1.02. The number of ether oxygens (including phenoxy) is 1. The molecule has 11 nitrogen and oxygen atoms in total. The van der Waals surface area contributed by atoms with Gasteiger partial charge >= 0.3 is 5.97 Å². The van der Waals surface area contributed by atoms with Crippen molar-refractivity contribution in [2.45, 2.75) is 32.2 Å². The Bertz CT molecular complexity index is 1050. The first-order valence-electron chi connectivity index (χ1n) is 10.4. The monoisotopic (exact) mass is 491 g/mol. The Kier molecular flexibility index (Phi) is 10.2. The van der Waals surface area contributed by atoms with Crippen LogP contribution in [0.25, 0.3) is 0 Å². The third kappa shape index (κ3) is 8.66. The van der Waals surface area contributed by atoms with E-state index in [0.717, 1.165) is 11.4 Å². The van der Waals surface area contributed by atoms with Crippen LogP contribution in [0.2, 0.25) is 5.02 Å². The first-order chi connectivity index (χ1) is 16.2. The second-order valence-corrected chi connectivity index (χ2v) is 7.80. The Balaban J connectivity index is 1.86. The van der Waals surface area contributed by atoms with Crippen molar-refractivity contribution in [3.8, 4) is 0 Å². The van der Waals surface area contributed by atoms with Gasteiger partial charge in [0.05, 0.1) is 31.0 Å². The van der Waals surface area contributed by atoms with Gasteiger partial charge in [0.15, 0.2) is 0 Å². The highest BCUT2D eigenvalue weighted by Gasteiger charge is 2.23. The number of hydrogen-bond donors (Lipinski definition) is 3. The molecule has 3 N–H and O–H groups in total. The number of nitro benzene ring substituents is 1. The molecule has 1 unspecified atom stereocenters. The number of esters is 1. The van der Waals surface area contributed by atoms with Crippen LogP contribution in [0.5, 0.6) is 0 Å². The number of aryl methyl sites for hydroxylation is 1. The van der Waals surface area contributed by atoms with Crippen LogP contribution < -0.4 is 16.0 Å². The first-order valence-corrected chi connectivity index (χ1v) is 10.8. The molecule has 0 saturated carbocycles. The molecule has 34 heavy (non-hydrogen) atoms. The number of nitrogens with zero attached hydrogens (tertiary/aromatic N) is 2. The lowest BCUT2D eigenvalue weighted by atomic mass is 10.0. The average Bonchev–Trinajstić information content (AvgIpc) is 2.80. The number of methoxy groups -OCH3 is 1. The van der Waals surface area contributed by atoms with E-state index in [1.807, 2.05) is 19.1 Å². The molecule has 0 aliphatic rings. The van der Waals surface area contributed by atoms with Crippen molar-refractivity contribution in [3.63, 3.8) is 0 Å². The maximum absolute atomic E-state index is 12.4.